The van der Waals surface area contributed by atoms with E-state index in [2.05, 4.69) is 10.6 Å². The molecule has 1 aromatic rings. The summed E-state index contributed by atoms with van der Waals surface area (Å²) in [5.74, 6) is -1.31. The SMILES string of the molecule is COCCOc1ccc(C(F)(F)F)cc1NC(=O)CNC(=O)[C@@H](N)C(C)C. The minimum Gasteiger partial charge on any atom is -0.489 e. The molecule has 1 atom stereocenters. The maximum Gasteiger partial charge on any atom is 0.416 e. The molecule has 0 bridgehead atoms. The number of nitrogens with two attached hydrogens (primary N) is 1. The number of methoxy groups -OCH3 is 1. The zero-order valence-corrected chi connectivity index (χ0v) is 15.4. The Labute approximate surface area is 155 Å². The first-order valence-corrected chi connectivity index (χ1v) is 8.22. The molecule has 0 saturated heterocycles. The van der Waals surface area contributed by atoms with Crippen LogP contribution >= 0.6 is 0 Å². The molecule has 27 heavy (non-hydrogen) atoms. The molecule has 0 aromatic heterocycles. The summed E-state index contributed by atoms with van der Waals surface area (Å²) in [5.41, 5.74) is 4.56. The predicted molar refractivity (Wildman–Crippen MR) is 93.3 cm³/mol. The van der Waals surface area contributed by atoms with Gasteiger partial charge >= 0.3 is 6.18 Å². The van der Waals surface area contributed by atoms with E-state index in [0.717, 1.165) is 18.2 Å². The van der Waals surface area contributed by atoms with Gasteiger partial charge in [-0.15, -0.1) is 0 Å². The number of benzene rings is 1. The van der Waals surface area contributed by atoms with E-state index in [0.29, 0.717) is 0 Å². The van der Waals surface area contributed by atoms with Gasteiger partial charge < -0.3 is 25.8 Å². The highest BCUT2D eigenvalue weighted by atomic mass is 19.4. The number of hydrogen-bond acceptors (Lipinski definition) is 5. The van der Waals surface area contributed by atoms with Crippen molar-refractivity contribution in [2.45, 2.75) is 26.1 Å². The quantitative estimate of drug-likeness (QED) is 0.557. The summed E-state index contributed by atoms with van der Waals surface area (Å²) in [6, 6.07) is 1.93. The Morgan fingerprint density at radius 3 is 2.44 bits per heavy atom. The third-order valence-electron chi connectivity index (χ3n) is 3.57. The smallest absolute Gasteiger partial charge is 0.416 e. The summed E-state index contributed by atoms with van der Waals surface area (Å²) in [6.45, 7) is 3.36. The van der Waals surface area contributed by atoms with Crippen LogP contribution in [0.15, 0.2) is 18.2 Å². The van der Waals surface area contributed by atoms with E-state index in [-0.39, 0.29) is 30.6 Å². The van der Waals surface area contributed by atoms with Gasteiger partial charge in [-0.1, -0.05) is 13.8 Å². The highest BCUT2D eigenvalue weighted by Crippen LogP contribution is 2.35. The minimum atomic E-state index is -4.58. The molecule has 0 aliphatic carbocycles. The van der Waals surface area contributed by atoms with Crippen molar-refractivity contribution in [3.8, 4) is 5.75 Å². The molecule has 0 spiro atoms. The molecule has 10 heteroatoms. The standard InChI is InChI=1S/C17H24F3N3O4/c1-10(2)15(21)16(25)22-9-14(24)23-12-8-11(17(18,19)20)4-5-13(12)27-7-6-26-3/h4-5,8,10,15H,6-7,9,21H2,1-3H3,(H,22,25)(H,23,24)/t15-/m0/s1. The zero-order valence-electron chi connectivity index (χ0n) is 15.4. The molecule has 0 saturated carbocycles. The van der Waals surface area contributed by atoms with Crippen molar-refractivity contribution in [1.29, 1.82) is 0 Å². The number of carbonyl (C=O) groups excluding carboxylic acids is 2. The lowest BCUT2D eigenvalue weighted by Gasteiger charge is -2.17. The fraction of sp³-hybridized carbons (Fsp3) is 0.529. The predicted octanol–water partition coefficient (Wildman–Crippen LogP) is 1.77. The van der Waals surface area contributed by atoms with Gasteiger partial charge in [0.05, 0.1) is 30.4 Å². The van der Waals surface area contributed by atoms with Gasteiger partial charge in [-0.25, -0.2) is 0 Å². The lowest BCUT2D eigenvalue weighted by Crippen LogP contribution is -2.46. The van der Waals surface area contributed by atoms with Crippen LogP contribution in [0.3, 0.4) is 0 Å². The molecular formula is C17H24F3N3O4. The van der Waals surface area contributed by atoms with Crippen LogP contribution in [0, 0.1) is 5.92 Å². The Bertz CT molecular complexity index is 651. The third kappa shape index (κ3) is 7.43. The Morgan fingerprint density at radius 2 is 1.89 bits per heavy atom. The van der Waals surface area contributed by atoms with Crippen LogP contribution in [-0.4, -0.2) is 44.7 Å². The van der Waals surface area contributed by atoms with Crippen LogP contribution in [0.5, 0.6) is 5.75 Å². The summed E-state index contributed by atoms with van der Waals surface area (Å²) < 4.78 is 48.9. The van der Waals surface area contributed by atoms with Crippen LogP contribution in [0.4, 0.5) is 18.9 Å². The van der Waals surface area contributed by atoms with E-state index >= 15 is 0 Å². The number of rotatable bonds is 9. The van der Waals surface area contributed by atoms with Crippen LogP contribution < -0.4 is 21.1 Å². The number of anilines is 1. The highest BCUT2D eigenvalue weighted by molar-refractivity contribution is 5.96. The second kappa shape index (κ2) is 10.1. The Balaban J connectivity index is 2.84. The second-order valence-corrected chi connectivity index (χ2v) is 6.09. The number of ether oxygens (including phenoxy) is 2. The number of hydrogen-bond donors (Lipinski definition) is 3. The van der Waals surface area contributed by atoms with Gasteiger partial charge in [-0.2, -0.15) is 13.2 Å². The summed E-state index contributed by atoms with van der Waals surface area (Å²) >= 11 is 0. The van der Waals surface area contributed by atoms with Crippen LogP contribution in [0.25, 0.3) is 0 Å². The van der Waals surface area contributed by atoms with E-state index < -0.39 is 36.1 Å². The van der Waals surface area contributed by atoms with Crippen molar-refractivity contribution in [2.75, 3.05) is 32.2 Å². The molecule has 0 heterocycles. The molecule has 0 fully saturated rings. The molecule has 0 aliphatic heterocycles. The number of alkyl halides is 3. The molecule has 1 rings (SSSR count). The fourth-order valence-corrected chi connectivity index (χ4v) is 1.95. The zero-order chi connectivity index (χ0) is 20.6. The van der Waals surface area contributed by atoms with Gasteiger partial charge in [-0.3, -0.25) is 9.59 Å². The molecule has 1 aromatic carbocycles. The van der Waals surface area contributed by atoms with Crippen molar-refractivity contribution < 1.29 is 32.2 Å². The Morgan fingerprint density at radius 1 is 1.22 bits per heavy atom. The molecule has 2 amide bonds. The number of halogens is 3. The van der Waals surface area contributed by atoms with E-state index in [1.807, 2.05) is 0 Å². The molecular weight excluding hydrogens is 367 g/mol. The van der Waals surface area contributed by atoms with Crippen LogP contribution in [0.1, 0.15) is 19.4 Å². The average molecular weight is 391 g/mol. The lowest BCUT2D eigenvalue weighted by molar-refractivity contribution is -0.137. The normalized spacial score (nSPS) is 12.6. The van der Waals surface area contributed by atoms with Crippen LogP contribution in [-0.2, 0) is 20.5 Å². The Kier molecular flexibility index (Phi) is 8.51. The van der Waals surface area contributed by atoms with E-state index in [1.54, 1.807) is 13.8 Å². The van der Waals surface area contributed by atoms with Gasteiger partial charge in [0.2, 0.25) is 11.8 Å². The van der Waals surface area contributed by atoms with Gasteiger partial charge in [-0.05, 0) is 24.1 Å². The number of amides is 2. The van der Waals surface area contributed by atoms with Crippen LogP contribution in [0.2, 0.25) is 0 Å². The van der Waals surface area contributed by atoms with Gasteiger partial charge in [0.25, 0.3) is 0 Å². The van der Waals surface area contributed by atoms with Crippen molar-refractivity contribution in [3.63, 3.8) is 0 Å². The topological polar surface area (TPSA) is 103 Å². The highest BCUT2D eigenvalue weighted by Gasteiger charge is 2.31. The molecule has 0 radical (unpaired) electrons. The van der Waals surface area contributed by atoms with Crippen molar-refractivity contribution >= 4 is 17.5 Å². The fourth-order valence-electron chi connectivity index (χ4n) is 1.95. The summed E-state index contributed by atoms with van der Waals surface area (Å²) in [4.78, 5) is 23.8. The van der Waals surface area contributed by atoms with E-state index in [4.69, 9.17) is 15.2 Å². The summed E-state index contributed by atoms with van der Waals surface area (Å²) in [6.07, 6.45) is -4.58. The van der Waals surface area contributed by atoms with Gasteiger partial charge in [0.15, 0.2) is 0 Å². The molecule has 0 unspecified atom stereocenters. The number of carbonyl (C=O) groups is 2. The average Bonchev–Trinajstić information content (AvgIpc) is 2.59. The van der Waals surface area contributed by atoms with E-state index in [9.17, 15) is 22.8 Å². The van der Waals surface area contributed by atoms with Crippen molar-refractivity contribution in [1.82, 2.24) is 5.32 Å². The minimum absolute atomic E-state index is 0.0543. The van der Waals surface area contributed by atoms with Crippen molar-refractivity contribution in [3.05, 3.63) is 23.8 Å². The molecule has 152 valence electrons. The Hall–Kier alpha value is -2.33. The van der Waals surface area contributed by atoms with Gasteiger partial charge in [0.1, 0.15) is 12.4 Å². The summed E-state index contributed by atoms with van der Waals surface area (Å²) in [7, 11) is 1.45. The lowest BCUT2D eigenvalue weighted by atomic mass is 10.1. The third-order valence-corrected chi connectivity index (χ3v) is 3.57. The number of nitrogens with one attached hydrogen (secondary N) is 2. The summed E-state index contributed by atoms with van der Waals surface area (Å²) in [5, 5.41) is 4.65. The molecule has 4 N–H and O–H groups in total. The first kappa shape index (κ1) is 22.7. The first-order chi connectivity index (χ1) is 12.6. The molecule has 0 aliphatic rings. The maximum absolute atomic E-state index is 12.9. The largest absolute Gasteiger partial charge is 0.489 e. The maximum atomic E-state index is 12.9. The molecule has 7 nitrogen and oxygen atoms in total. The second-order valence-electron chi connectivity index (χ2n) is 6.09. The van der Waals surface area contributed by atoms with Crippen molar-refractivity contribution in [2.24, 2.45) is 11.7 Å². The first-order valence-electron chi connectivity index (χ1n) is 8.22. The monoisotopic (exact) mass is 391 g/mol. The van der Waals surface area contributed by atoms with Gasteiger partial charge in [0, 0.05) is 7.11 Å². The van der Waals surface area contributed by atoms with E-state index in [1.165, 1.54) is 7.11 Å².